The molecule has 0 rings (SSSR count). The van der Waals surface area contributed by atoms with Gasteiger partial charge in [0.05, 0.1) is 6.10 Å². The molecule has 20 heavy (non-hydrogen) atoms. The normalized spacial score (nSPS) is 18.6. The number of carbonyl (C=O) groups is 1. The van der Waals surface area contributed by atoms with Crippen LogP contribution >= 0.6 is 22.6 Å². The average molecular weight is 408 g/mol. The van der Waals surface area contributed by atoms with Gasteiger partial charge in [0, 0.05) is 0 Å². The molecular formula is C16H29IO2Si. The van der Waals surface area contributed by atoms with Crippen LogP contribution in [0.15, 0.2) is 21.3 Å². The molecule has 4 heteroatoms. The Bertz CT molecular complexity index is 369. The van der Waals surface area contributed by atoms with Crippen LogP contribution in [0.3, 0.4) is 0 Å². The van der Waals surface area contributed by atoms with Crippen molar-refractivity contribution in [3.05, 3.63) is 21.3 Å². The molecule has 3 atom stereocenters. The minimum absolute atomic E-state index is 0.169. The fourth-order valence-corrected chi connectivity index (χ4v) is 3.89. The van der Waals surface area contributed by atoms with Crippen LogP contribution in [0.25, 0.3) is 0 Å². The van der Waals surface area contributed by atoms with E-state index in [4.69, 9.17) is 4.43 Å². The van der Waals surface area contributed by atoms with Gasteiger partial charge in [-0.1, -0.05) is 48.1 Å². The summed E-state index contributed by atoms with van der Waals surface area (Å²) in [5.74, 6) is 0.697. The number of aldehydes is 1. The summed E-state index contributed by atoms with van der Waals surface area (Å²) in [5.41, 5.74) is 2.17. The second-order valence-corrected chi connectivity index (χ2v) is 11.8. The highest BCUT2D eigenvalue weighted by Crippen LogP contribution is 2.27. The van der Waals surface area contributed by atoms with Crippen molar-refractivity contribution in [2.75, 3.05) is 0 Å². The Morgan fingerprint density at radius 2 is 1.80 bits per heavy atom. The van der Waals surface area contributed by atoms with Gasteiger partial charge in [-0.2, -0.15) is 0 Å². The van der Waals surface area contributed by atoms with Gasteiger partial charge in [0.2, 0.25) is 0 Å². The Hall–Kier alpha value is 0.0569. The fraction of sp³-hybridized carbons (Fsp3) is 0.688. The van der Waals surface area contributed by atoms with Crippen LogP contribution in [0, 0.1) is 11.8 Å². The van der Waals surface area contributed by atoms with Gasteiger partial charge in [-0.25, -0.2) is 0 Å². The minimum Gasteiger partial charge on any atom is -0.414 e. The maximum Gasteiger partial charge on any atom is 0.184 e. The Labute approximate surface area is 139 Å². The van der Waals surface area contributed by atoms with E-state index in [0.29, 0.717) is 5.92 Å². The third kappa shape index (κ3) is 8.37. The van der Waals surface area contributed by atoms with Crippen molar-refractivity contribution in [3.8, 4) is 0 Å². The highest BCUT2D eigenvalue weighted by molar-refractivity contribution is 14.1. The molecule has 0 fully saturated rings. The van der Waals surface area contributed by atoms with Crippen molar-refractivity contribution >= 4 is 37.2 Å². The molecule has 0 heterocycles. The molecule has 0 saturated heterocycles. The summed E-state index contributed by atoms with van der Waals surface area (Å²) in [7, 11) is -1.61. The lowest BCUT2D eigenvalue weighted by atomic mass is 9.88. The van der Waals surface area contributed by atoms with Crippen LogP contribution in [-0.4, -0.2) is 20.7 Å². The molecule has 116 valence electrons. The van der Waals surface area contributed by atoms with E-state index in [1.54, 1.807) is 0 Å². The Balaban J connectivity index is 5.11. The second kappa shape index (κ2) is 9.15. The van der Waals surface area contributed by atoms with Gasteiger partial charge < -0.3 is 4.43 Å². The summed E-state index contributed by atoms with van der Waals surface area (Å²) in [4.78, 5) is 10.8. The maximum atomic E-state index is 10.8. The van der Waals surface area contributed by atoms with Crippen LogP contribution in [-0.2, 0) is 9.22 Å². The van der Waals surface area contributed by atoms with Crippen molar-refractivity contribution in [2.45, 2.75) is 59.9 Å². The molecule has 0 aromatic heterocycles. The molecule has 0 aliphatic heterocycles. The third-order valence-electron chi connectivity index (χ3n) is 3.11. The summed E-state index contributed by atoms with van der Waals surface area (Å²) >= 11 is 2.29. The lowest BCUT2D eigenvalue weighted by Crippen LogP contribution is -2.39. The van der Waals surface area contributed by atoms with Crippen LogP contribution in [0.4, 0.5) is 0 Å². The molecule has 0 bridgehead atoms. The van der Waals surface area contributed by atoms with Crippen molar-refractivity contribution in [2.24, 2.45) is 11.8 Å². The Morgan fingerprint density at radius 3 is 2.20 bits per heavy atom. The minimum atomic E-state index is -1.61. The van der Waals surface area contributed by atoms with E-state index < -0.39 is 8.32 Å². The van der Waals surface area contributed by atoms with Crippen molar-refractivity contribution in [1.82, 2.24) is 0 Å². The van der Waals surface area contributed by atoms with E-state index in [2.05, 4.69) is 67.1 Å². The molecule has 0 aliphatic rings. The molecule has 0 radical (unpaired) electrons. The van der Waals surface area contributed by atoms with Crippen LogP contribution in [0.1, 0.15) is 34.1 Å². The van der Waals surface area contributed by atoms with Gasteiger partial charge in [-0.05, 0) is 61.4 Å². The zero-order valence-corrected chi connectivity index (χ0v) is 17.0. The molecule has 2 nitrogen and oxygen atoms in total. The zero-order chi connectivity index (χ0) is 15.9. The SMILES string of the molecule is C/C(C=O)=C\[C@@H](C)[C@@H](O[Si](C)(C)C)[C@@H](C)C/C(C)=C/I. The first-order valence-corrected chi connectivity index (χ1v) is 11.8. The first-order chi connectivity index (χ1) is 9.10. The second-order valence-electron chi connectivity index (χ2n) is 6.72. The summed E-state index contributed by atoms with van der Waals surface area (Å²) in [6.45, 7) is 15.1. The molecule has 0 amide bonds. The number of rotatable bonds is 8. The summed E-state index contributed by atoms with van der Waals surface area (Å²) < 4.78 is 8.54. The average Bonchev–Trinajstić information content (AvgIpc) is 2.34. The monoisotopic (exact) mass is 408 g/mol. The van der Waals surface area contributed by atoms with Gasteiger partial charge in [-0.3, -0.25) is 4.79 Å². The number of allylic oxidation sites excluding steroid dienone is 2. The van der Waals surface area contributed by atoms with Crippen LogP contribution < -0.4 is 0 Å². The van der Waals surface area contributed by atoms with E-state index in [1.807, 2.05) is 13.0 Å². The van der Waals surface area contributed by atoms with Crippen molar-refractivity contribution < 1.29 is 9.22 Å². The largest absolute Gasteiger partial charge is 0.414 e. The first kappa shape index (κ1) is 20.1. The molecule has 0 N–H and O–H groups in total. The van der Waals surface area contributed by atoms with E-state index in [9.17, 15) is 4.79 Å². The zero-order valence-electron chi connectivity index (χ0n) is 13.9. The number of carbonyl (C=O) groups excluding carboxylic acids is 1. The summed E-state index contributed by atoms with van der Waals surface area (Å²) in [5, 5.41) is 0. The molecule has 0 aromatic rings. The predicted octanol–water partition coefficient (Wildman–Crippen LogP) is 5.35. The lowest BCUT2D eigenvalue weighted by molar-refractivity contribution is -0.104. The number of hydrogen-bond donors (Lipinski definition) is 0. The van der Waals surface area contributed by atoms with E-state index in [0.717, 1.165) is 18.3 Å². The number of halogens is 1. The predicted molar refractivity (Wildman–Crippen MR) is 98.8 cm³/mol. The van der Waals surface area contributed by atoms with Crippen molar-refractivity contribution in [3.63, 3.8) is 0 Å². The number of hydrogen-bond acceptors (Lipinski definition) is 2. The highest BCUT2D eigenvalue weighted by Gasteiger charge is 2.29. The quantitative estimate of drug-likeness (QED) is 0.234. The Morgan fingerprint density at radius 1 is 1.25 bits per heavy atom. The van der Waals surface area contributed by atoms with Gasteiger partial charge in [0.25, 0.3) is 0 Å². The molecule has 0 unspecified atom stereocenters. The summed E-state index contributed by atoms with van der Waals surface area (Å²) in [6.07, 6.45) is 4.17. The third-order valence-corrected chi connectivity index (χ3v) is 5.15. The van der Waals surface area contributed by atoms with Crippen molar-refractivity contribution in [1.29, 1.82) is 0 Å². The van der Waals surface area contributed by atoms with Gasteiger partial charge in [-0.15, -0.1) is 0 Å². The van der Waals surface area contributed by atoms with Crippen LogP contribution in [0.5, 0.6) is 0 Å². The van der Waals surface area contributed by atoms with E-state index in [-0.39, 0.29) is 12.0 Å². The molecular weight excluding hydrogens is 379 g/mol. The Kier molecular flexibility index (Phi) is 9.18. The molecule has 0 saturated carbocycles. The smallest absolute Gasteiger partial charge is 0.184 e. The lowest BCUT2D eigenvalue weighted by Gasteiger charge is -2.34. The van der Waals surface area contributed by atoms with Gasteiger partial charge >= 0.3 is 0 Å². The van der Waals surface area contributed by atoms with E-state index in [1.165, 1.54) is 5.57 Å². The van der Waals surface area contributed by atoms with Crippen LogP contribution in [0.2, 0.25) is 19.6 Å². The van der Waals surface area contributed by atoms with Gasteiger partial charge in [0.1, 0.15) is 6.29 Å². The fourth-order valence-electron chi connectivity index (χ4n) is 2.37. The van der Waals surface area contributed by atoms with Gasteiger partial charge in [0.15, 0.2) is 8.32 Å². The highest BCUT2D eigenvalue weighted by atomic mass is 127. The molecule has 0 spiro atoms. The summed E-state index contributed by atoms with van der Waals surface area (Å²) in [6, 6.07) is 0. The molecule has 0 aliphatic carbocycles. The topological polar surface area (TPSA) is 26.3 Å². The standard InChI is InChI=1S/C16H29IO2Si/c1-12(10-17)8-14(3)16(19-20(5,6)7)15(4)9-13(2)11-18/h9-11,14-16H,8H2,1-7H3/b12-10+,13-9+/t14-,15+,16-/m0/s1. The van der Waals surface area contributed by atoms with E-state index >= 15 is 0 Å². The molecule has 0 aromatic carbocycles. The first-order valence-electron chi connectivity index (χ1n) is 7.18. The maximum absolute atomic E-state index is 10.8.